The molecule has 2 heterocycles. The molecule has 1 aromatic carbocycles. The summed E-state index contributed by atoms with van der Waals surface area (Å²) in [4.78, 5) is 12.2. The highest BCUT2D eigenvalue weighted by Crippen LogP contribution is 2.17. The molecule has 2 aromatic heterocycles. The first-order valence-electron chi connectivity index (χ1n) is 5.94. The van der Waals surface area contributed by atoms with Crippen LogP contribution in [-0.2, 0) is 6.54 Å². The third-order valence-electron chi connectivity index (χ3n) is 3.12. The molecule has 0 unspecified atom stereocenters. The van der Waals surface area contributed by atoms with Crippen LogP contribution in [0.4, 0.5) is 4.39 Å². The van der Waals surface area contributed by atoms with E-state index in [1.807, 2.05) is 17.5 Å². The van der Waals surface area contributed by atoms with E-state index in [1.54, 1.807) is 18.3 Å². The Morgan fingerprint density at radius 3 is 2.90 bits per heavy atom. The van der Waals surface area contributed by atoms with E-state index < -0.39 is 5.82 Å². The van der Waals surface area contributed by atoms with Crippen LogP contribution in [0, 0.1) is 17.1 Å². The SMILES string of the molecule is N#Cc1ccc(Cn2ccc3sccc3c2=O)c(F)c1. The monoisotopic (exact) mass is 284 g/mol. The third-order valence-corrected chi connectivity index (χ3v) is 4.00. The molecule has 20 heavy (non-hydrogen) atoms. The lowest BCUT2D eigenvalue weighted by Crippen LogP contribution is -2.19. The van der Waals surface area contributed by atoms with Crippen LogP contribution in [0.1, 0.15) is 11.1 Å². The van der Waals surface area contributed by atoms with Crippen molar-refractivity contribution >= 4 is 21.4 Å². The van der Waals surface area contributed by atoms with Gasteiger partial charge >= 0.3 is 0 Å². The number of pyridine rings is 1. The van der Waals surface area contributed by atoms with Crippen molar-refractivity contribution in [3.8, 4) is 6.07 Å². The van der Waals surface area contributed by atoms with Gasteiger partial charge in [-0.15, -0.1) is 11.3 Å². The van der Waals surface area contributed by atoms with Gasteiger partial charge in [0.05, 0.1) is 23.6 Å². The maximum Gasteiger partial charge on any atom is 0.259 e. The zero-order chi connectivity index (χ0) is 14.1. The molecule has 0 fully saturated rings. The number of rotatable bonds is 2. The average molecular weight is 284 g/mol. The molecule has 0 spiro atoms. The highest BCUT2D eigenvalue weighted by Gasteiger charge is 2.08. The number of halogens is 1. The van der Waals surface area contributed by atoms with Crippen molar-refractivity contribution in [2.45, 2.75) is 6.54 Å². The summed E-state index contributed by atoms with van der Waals surface area (Å²) in [5.74, 6) is -0.471. The van der Waals surface area contributed by atoms with Crippen LogP contribution in [-0.4, -0.2) is 4.57 Å². The quantitative estimate of drug-likeness (QED) is 0.726. The molecular weight excluding hydrogens is 275 g/mol. The largest absolute Gasteiger partial charge is 0.310 e. The van der Waals surface area contributed by atoms with E-state index >= 15 is 0 Å². The summed E-state index contributed by atoms with van der Waals surface area (Å²) < 4.78 is 16.2. The molecule has 0 bridgehead atoms. The van der Waals surface area contributed by atoms with E-state index in [4.69, 9.17) is 5.26 Å². The predicted molar refractivity (Wildman–Crippen MR) is 76.3 cm³/mol. The van der Waals surface area contributed by atoms with E-state index in [-0.39, 0.29) is 17.7 Å². The molecule has 0 radical (unpaired) electrons. The Hall–Kier alpha value is -2.45. The second kappa shape index (κ2) is 4.91. The molecule has 0 amide bonds. The van der Waals surface area contributed by atoms with Crippen molar-refractivity contribution in [2.24, 2.45) is 0 Å². The van der Waals surface area contributed by atoms with Gasteiger partial charge in [0, 0.05) is 16.5 Å². The van der Waals surface area contributed by atoms with Gasteiger partial charge in [-0.25, -0.2) is 4.39 Å². The van der Waals surface area contributed by atoms with Crippen molar-refractivity contribution in [2.75, 3.05) is 0 Å². The van der Waals surface area contributed by atoms with E-state index in [1.165, 1.54) is 28.0 Å². The minimum absolute atomic E-state index is 0.132. The van der Waals surface area contributed by atoms with E-state index in [0.29, 0.717) is 10.9 Å². The number of hydrogen-bond donors (Lipinski definition) is 0. The van der Waals surface area contributed by atoms with Gasteiger partial charge in [0.2, 0.25) is 0 Å². The van der Waals surface area contributed by atoms with Crippen LogP contribution in [0.5, 0.6) is 0 Å². The second-order valence-electron chi connectivity index (χ2n) is 4.37. The Labute approximate surface area is 118 Å². The van der Waals surface area contributed by atoms with Gasteiger partial charge in [-0.2, -0.15) is 5.26 Å². The Bertz CT molecular complexity index is 889. The standard InChI is InChI=1S/C15H9FN2OS/c16-13-7-10(8-17)1-2-11(13)9-18-5-3-14-12(15(18)19)4-6-20-14/h1-7H,9H2. The van der Waals surface area contributed by atoms with E-state index in [2.05, 4.69) is 0 Å². The predicted octanol–water partition coefficient (Wildman–Crippen LogP) is 3.12. The van der Waals surface area contributed by atoms with Crippen LogP contribution >= 0.6 is 11.3 Å². The number of nitrogens with zero attached hydrogens (tertiary/aromatic N) is 2. The highest BCUT2D eigenvalue weighted by molar-refractivity contribution is 7.17. The Morgan fingerprint density at radius 2 is 2.15 bits per heavy atom. The molecule has 0 aliphatic rings. The topological polar surface area (TPSA) is 45.8 Å². The molecular formula is C15H9FN2OS. The lowest BCUT2D eigenvalue weighted by atomic mass is 10.1. The minimum atomic E-state index is -0.471. The average Bonchev–Trinajstić information content (AvgIpc) is 2.93. The fourth-order valence-corrected chi connectivity index (χ4v) is 2.83. The summed E-state index contributed by atoms with van der Waals surface area (Å²) in [6, 6.07) is 9.78. The molecule has 5 heteroatoms. The van der Waals surface area contributed by atoms with Crippen molar-refractivity contribution in [3.63, 3.8) is 0 Å². The molecule has 0 aliphatic carbocycles. The summed E-state index contributed by atoms with van der Waals surface area (Å²) >= 11 is 1.50. The third kappa shape index (κ3) is 2.10. The summed E-state index contributed by atoms with van der Waals surface area (Å²) in [6.07, 6.45) is 1.67. The van der Waals surface area contributed by atoms with Crippen LogP contribution < -0.4 is 5.56 Å². The van der Waals surface area contributed by atoms with Gasteiger partial charge in [-0.3, -0.25) is 4.79 Å². The molecule has 98 valence electrons. The molecule has 0 aliphatic heterocycles. The van der Waals surface area contributed by atoms with Crippen LogP contribution in [0.3, 0.4) is 0 Å². The highest BCUT2D eigenvalue weighted by atomic mass is 32.1. The number of thiophene rings is 1. The molecule has 0 saturated carbocycles. The first-order valence-corrected chi connectivity index (χ1v) is 6.82. The zero-order valence-corrected chi connectivity index (χ0v) is 11.2. The minimum Gasteiger partial charge on any atom is -0.310 e. The molecule has 0 atom stereocenters. The molecule has 3 aromatic rings. The van der Waals surface area contributed by atoms with E-state index in [9.17, 15) is 9.18 Å². The summed E-state index contributed by atoms with van der Waals surface area (Å²) in [6.45, 7) is 0.155. The van der Waals surface area contributed by atoms with Gasteiger partial charge in [0.15, 0.2) is 0 Å². The molecule has 0 N–H and O–H groups in total. The van der Waals surface area contributed by atoms with Gasteiger partial charge in [0.1, 0.15) is 5.82 Å². The smallest absolute Gasteiger partial charge is 0.259 e. The first-order chi connectivity index (χ1) is 9.69. The number of fused-ring (bicyclic) bond motifs is 1. The Morgan fingerprint density at radius 1 is 1.30 bits per heavy atom. The lowest BCUT2D eigenvalue weighted by molar-refractivity contribution is 0.596. The summed E-state index contributed by atoms with van der Waals surface area (Å²) in [5, 5.41) is 11.2. The van der Waals surface area contributed by atoms with Crippen LogP contribution in [0.15, 0.2) is 46.7 Å². The summed E-state index contributed by atoms with van der Waals surface area (Å²) in [7, 11) is 0. The van der Waals surface area contributed by atoms with Gasteiger partial charge in [0.25, 0.3) is 5.56 Å². The van der Waals surface area contributed by atoms with Gasteiger partial charge in [-0.1, -0.05) is 6.07 Å². The number of hydrogen-bond acceptors (Lipinski definition) is 3. The molecule has 0 saturated heterocycles. The Kier molecular flexibility index (Phi) is 3.09. The van der Waals surface area contributed by atoms with Crippen molar-refractivity contribution in [1.82, 2.24) is 4.57 Å². The number of nitriles is 1. The van der Waals surface area contributed by atoms with Gasteiger partial charge < -0.3 is 4.57 Å². The first kappa shape index (κ1) is 12.6. The normalized spacial score (nSPS) is 10.6. The molecule has 3 rings (SSSR count). The van der Waals surface area contributed by atoms with Crippen molar-refractivity contribution < 1.29 is 4.39 Å². The van der Waals surface area contributed by atoms with Crippen molar-refractivity contribution in [3.05, 3.63) is 69.2 Å². The fraction of sp³-hybridized carbons (Fsp3) is 0.0667. The maximum absolute atomic E-state index is 13.8. The summed E-state index contributed by atoms with van der Waals surface area (Å²) in [5.41, 5.74) is 0.528. The number of aromatic nitrogens is 1. The van der Waals surface area contributed by atoms with Gasteiger partial charge in [-0.05, 0) is 29.6 Å². The second-order valence-corrected chi connectivity index (χ2v) is 5.31. The number of benzene rings is 1. The van der Waals surface area contributed by atoms with Crippen LogP contribution in [0.25, 0.3) is 10.1 Å². The lowest BCUT2D eigenvalue weighted by Gasteiger charge is -2.07. The van der Waals surface area contributed by atoms with Crippen molar-refractivity contribution in [1.29, 1.82) is 5.26 Å². The fourth-order valence-electron chi connectivity index (χ4n) is 2.06. The van der Waals surface area contributed by atoms with Crippen LogP contribution in [0.2, 0.25) is 0 Å². The maximum atomic E-state index is 13.8. The molecule has 3 nitrogen and oxygen atoms in total. The van der Waals surface area contributed by atoms with E-state index in [0.717, 1.165) is 4.70 Å². The zero-order valence-electron chi connectivity index (χ0n) is 10.3. The Balaban J connectivity index is 2.03.